The van der Waals surface area contributed by atoms with E-state index in [1.165, 1.54) is 10.9 Å². The molecule has 4 aromatic rings. The molecule has 6 heteroatoms. The lowest BCUT2D eigenvalue weighted by atomic mass is 10.1. The van der Waals surface area contributed by atoms with Crippen LogP contribution in [-0.2, 0) is 17.8 Å². The maximum absolute atomic E-state index is 13.7. The smallest absolute Gasteiger partial charge is 0.255 e. The van der Waals surface area contributed by atoms with Crippen molar-refractivity contribution in [1.29, 1.82) is 0 Å². The van der Waals surface area contributed by atoms with Gasteiger partial charge in [-0.2, -0.15) is 0 Å². The standard InChI is InChI=1S/C30H32ClN3O2/c1-22(2)19-34(30(36)26-13-6-8-14-27(26)31)21-29(35)33(20-23-10-4-3-5-11-23)17-16-24-18-32-28-15-9-7-12-25(24)28/h3-15,18,22,32H,16-17,19-21H2,1-2H3. The highest BCUT2D eigenvalue weighted by Crippen LogP contribution is 2.20. The molecule has 2 amide bonds. The zero-order chi connectivity index (χ0) is 25.5. The molecule has 0 aliphatic carbocycles. The van der Waals surface area contributed by atoms with E-state index in [1.54, 1.807) is 29.2 Å². The molecule has 0 radical (unpaired) electrons. The number of benzene rings is 3. The maximum atomic E-state index is 13.7. The molecule has 4 rings (SSSR count). The van der Waals surface area contributed by atoms with Crippen molar-refractivity contribution in [2.45, 2.75) is 26.8 Å². The highest BCUT2D eigenvalue weighted by Gasteiger charge is 2.24. The molecule has 5 nitrogen and oxygen atoms in total. The van der Waals surface area contributed by atoms with Crippen LogP contribution in [0.5, 0.6) is 0 Å². The molecule has 0 aliphatic rings. The van der Waals surface area contributed by atoms with Gasteiger partial charge in [0, 0.05) is 36.7 Å². The van der Waals surface area contributed by atoms with E-state index >= 15 is 0 Å². The third-order valence-corrected chi connectivity index (χ3v) is 6.53. The first-order chi connectivity index (χ1) is 17.4. The van der Waals surface area contributed by atoms with Crippen LogP contribution in [-0.4, -0.2) is 46.2 Å². The minimum atomic E-state index is -0.223. The van der Waals surface area contributed by atoms with Gasteiger partial charge in [-0.25, -0.2) is 0 Å². The van der Waals surface area contributed by atoms with E-state index in [4.69, 9.17) is 11.6 Å². The van der Waals surface area contributed by atoms with Gasteiger partial charge in [-0.3, -0.25) is 9.59 Å². The molecule has 0 saturated carbocycles. The van der Waals surface area contributed by atoms with Gasteiger partial charge in [-0.15, -0.1) is 0 Å². The second-order valence-electron chi connectivity index (χ2n) is 9.47. The average molecular weight is 502 g/mol. The maximum Gasteiger partial charge on any atom is 0.255 e. The number of carbonyl (C=O) groups is 2. The minimum Gasteiger partial charge on any atom is -0.361 e. The van der Waals surface area contributed by atoms with E-state index < -0.39 is 0 Å². The number of nitrogens with one attached hydrogen (secondary N) is 1. The molecule has 0 unspecified atom stereocenters. The number of amides is 2. The molecule has 0 bridgehead atoms. The molecule has 1 aromatic heterocycles. The van der Waals surface area contributed by atoms with E-state index in [2.05, 4.69) is 17.1 Å². The Labute approximate surface area is 217 Å². The molecule has 36 heavy (non-hydrogen) atoms. The average Bonchev–Trinajstić information content (AvgIpc) is 3.29. The number of H-pyrrole nitrogens is 1. The van der Waals surface area contributed by atoms with Crippen molar-refractivity contribution in [2.75, 3.05) is 19.6 Å². The van der Waals surface area contributed by atoms with Gasteiger partial charge in [0.2, 0.25) is 5.91 Å². The van der Waals surface area contributed by atoms with Gasteiger partial charge < -0.3 is 14.8 Å². The molecular weight excluding hydrogens is 470 g/mol. The minimum absolute atomic E-state index is 0.00293. The van der Waals surface area contributed by atoms with Gasteiger partial charge in [-0.05, 0) is 41.7 Å². The quantitative estimate of drug-likeness (QED) is 0.281. The molecule has 0 saturated heterocycles. The van der Waals surface area contributed by atoms with Crippen LogP contribution < -0.4 is 0 Å². The van der Waals surface area contributed by atoms with Gasteiger partial charge in [0.1, 0.15) is 6.54 Å². The zero-order valence-corrected chi connectivity index (χ0v) is 21.5. The van der Waals surface area contributed by atoms with Crippen molar-refractivity contribution < 1.29 is 9.59 Å². The highest BCUT2D eigenvalue weighted by molar-refractivity contribution is 6.33. The Hall–Kier alpha value is -3.57. The van der Waals surface area contributed by atoms with Crippen molar-refractivity contribution in [3.05, 3.63) is 107 Å². The zero-order valence-electron chi connectivity index (χ0n) is 20.8. The predicted octanol–water partition coefficient (Wildman–Crippen LogP) is 6.19. The SMILES string of the molecule is CC(C)CN(CC(=O)N(CCc1c[nH]c2ccccc12)Cc1ccccc1)C(=O)c1ccccc1Cl. The first-order valence-electron chi connectivity index (χ1n) is 12.3. The van der Waals surface area contributed by atoms with Gasteiger partial charge in [0.15, 0.2) is 0 Å². The number of aromatic nitrogens is 1. The van der Waals surface area contributed by atoms with Crippen molar-refractivity contribution in [2.24, 2.45) is 5.92 Å². The van der Waals surface area contributed by atoms with Crippen LogP contribution in [0.15, 0.2) is 85.1 Å². The molecular formula is C30H32ClN3O2. The molecule has 3 aromatic carbocycles. The van der Waals surface area contributed by atoms with Crippen molar-refractivity contribution in [3.8, 4) is 0 Å². The Balaban J connectivity index is 1.55. The normalized spacial score (nSPS) is 11.1. The number of rotatable bonds is 10. The third kappa shape index (κ3) is 6.35. The number of para-hydroxylation sites is 1. The lowest BCUT2D eigenvalue weighted by Gasteiger charge is -2.29. The Morgan fingerprint density at radius 3 is 2.33 bits per heavy atom. The summed E-state index contributed by atoms with van der Waals surface area (Å²) in [5.41, 5.74) is 3.73. The number of aromatic amines is 1. The molecule has 1 heterocycles. The van der Waals surface area contributed by atoms with Crippen LogP contribution in [0.3, 0.4) is 0 Å². The van der Waals surface area contributed by atoms with Crippen molar-refractivity contribution in [1.82, 2.24) is 14.8 Å². The van der Waals surface area contributed by atoms with Gasteiger partial charge in [0.05, 0.1) is 10.6 Å². The monoisotopic (exact) mass is 501 g/mol. The molecule has 0 spiro atoms. The molecule has 1 N–H and O–H groups in total. The highest BCUT2D eigenvalue weighted by atomic mass is 35.5. The molecule has 186 valence electrons. The van der Waals surface area contributed by atoms with Crippen molar-refractivity contribution in [3.63, 3.8) is 0 Å². The third-order valence-electron chi connectivity index (χ3n) is 6.20. The molecule has 0 atom stereocenters. The number of fused-ring (bicyclic) bond motifs is 1. The van der Waals surface area contributed by atoms with Crippen molar-refractivity contribution >= 4 is 34.3 Å². The van der Waals surface area contributed by atoms with E-state index in [0.29, 0.717) is 36.6 Å². The van der Waals surface area contributed by atoms with Gasteiger partial charge >= 0.3 is 0 Å². The van der Waals surface area contributed by atoms with Crippen LogP contribution in [0.2, 0.25) is 5.02 Å². The summed E-state index contributed by atoms with van der Waals surface area (Å²) in [6.45, 7) is 5.58. The van der Waals surface area contributed by atoms with Crippen LogP contribution in [0, 0.1) is 5.92 Å². The first kappa shape index (κ1) is 25.5. The Bertz CT molecular complexity index is 1320. The number of nitrogens with zero attached hydrogens (tertiary/aromatic N) is 2. The molecule has 0 fully saturated rings. The van der Waals surface area contributed by atoms with Gasteiger partial charge in [-0.1, -0.05) is 86.1 Å². The summed E-state index contributed by atoms with van der Waals surface area (Å²) in [5.74, 6) is -0.100. The fourth-order valence-corrected chi connectivity index (χ4v) is 4.63. The first-order valence-corrected chi connectivity index (χ1v) is 12.7. The lowest BCUT2D eigenvalue weighted by molar-refractivity contribution is -0.132. The van der Waals surface area contributed by atoms with Crippen LogP contribution in [0.25, 0.3) is 10.9 Å². The lowest BCUT2D eigenvalue weighted by Crippen LogP contribution is -2.44. The topological polar surface area (TPSA) is 56.4 Å². The number of carbonyl (C=O) groups excluding carboxylic acids is 2. The predicted molar refractivity (Wildman–Crippen MR) is 146 cm³/mol. The second-order valence-corrected chi connectivity index (χ2v) is 9.88. The van der Waals surface area contributed by atoms with Crippen LogP contribution in [0.4, 0.5) is 0 Å². The largest absolute Gasteiger partial charge is 0.361 e. The number of hydrogen-bond donors (Lipinski definition) is 1. The summed E-state index contributed by atoms with van der Waals surface area (Å²) in [4.78, 5) is 33.8. The summed E-state index contributed by atoms with van der Waals surface area (Å²) >= 11 is 6.31. The van der Waals surface area contributed by atoms with Crippen LogP contribution >= 0.6 is 11.6 Å². The number of halogens is 1. The second kappa shape index (κ2) is 11.9. The number of hydrogen-bond acceptors (Lipinski definition) is 2. The summed E-state index contributed by atoms with van der Waals surface area (Å²) < 4.78 is 0. The molecule has 0 aliphatic heterocycles. The van der Waals surface area contributed by atoms with E-state index in [9.17, 15) is 9.59 Å². The summed E-state index contributed by atoms with van der Waals surface area (Å²) in [5, 5.41) is 1.56. The Morgan fingerprint density at radius 2 is 1.58 bits per heavy atom. The fraction of sp³-hybridized carbons (Fsp3) is 0.267. The Kier molecular flexibility index (Phi) is 8.44. The fourth-order valence-electron chi connectivity index (χ4n) is 4.42. The van der Waals surface area contributed by atoms with E-state index in [0.717, 1.165) is 11.1 Å². The van der Waals surface area contributed by atoms with Gasteiger partial charge in [0.25, 0.3) is 5.91 Å². The van der Waals surface area contributed by atoms with E-state index in [-0.39, 0.29) is 24.3 Å². The summed E-state index contributed by atoms with van der Waals surface area (Å²) in [7, 11) is 0. The summed E-state index contributed by atoms with van der Waals surface area (Å²) in [6, 6.07) is 25.1. The van der Waals surface area contributed by atoms with E-state index in [1.807, 2.05) is 67.4 Å². The summed E-state index contributed by atoms with van der Waals surface area (Å²) in [6.07, 6.45) is 2.73. The Morgan fingerprint density at radius 1 is 0.889 bits per heavy atom. The van der Waals surface area contributed by atoms with Crippen LogP contribution in [0.1, 0.15) is 35.3 Å².